The van der Waals surface area contributed by atoms with Gasteiger partial charge in [-0.25, -0.2) is 0 Å². The maximum Gasteiger partial charge on any atom is 0.261 e. The topological polar surface area (TPSA) is 77.7 Å². The number of ether oxygens (including phenoxy) is 2. The summed E-state index contributed by atoms with van der Waals surface area (Å²) in [6.07, 6.45) is 0.311. The lowest BCUT2D eigenvalue weighted by Gasteiger charge is -2.16. The Hall–Kier alpha value is -3.06. The van der Waals surface area contributed by atoms with E-state index in [1.54, 1.807) is 49.5 Å². The van der Waals surface area contributed by atoms with Crippen molar-refractivity contribution in [1.29, 1.82) is 0 Å². The van der Waals surface area contributed by atoms with Crippen LogP contribution in [0.4, 0.5) is 5.69 Å². The van der Waals surface area contributed by atoms with Gasteiger partial charge in [0.25, 0.3) is 5.89 Å². The minimum atomic E-state index is -0.159. The first-order valence-electron chi connectivity index (χ1n) is 8.71. The lowest BCUT2D eigenvalue weighted by molar-refractivity contribution is -0.117. The third-order valence-electron chi connectivity index (χ3n) is 4.69. The molecular weight excluding hydrogens is 382 g/mol. The monoisotopic (exact) mass is 399 g/mol. The molecule has 1 saturated heterocycles. The van der Waals surface area contributed by atoms with Gasteiger partial charge in [0, 0.05) is 35.7 Å². The van der Waals surface area contributed by atoms with Crippen molar-refractivity contribution in [2.24, 2.45) is 0 Å². The van der Waals surface area contributed by atoms with E-state index in [9.17, 15) is 4.79 Å². The molecule has 1 fully saturated rings. The summed E-state index contributed by atoms with van der Waals surface area (Å²) in [4.78, 5) is 18.7. The van der Waals surface area contributed by atoms with Gasteiger partial charge in [0.05, 0.1) is 19.8 Å². The number of benzene rings is 2. The molecule has 4 rings (SSSR count). The maximum absolute atomic E-state index is 12.5. The van der Waals surface area contributed by atoms with Crippen LogP contribution in [0.3, 0.4) is 0 Å². The average molecular weight is 400 g/mol. The molecule has 1 aliphatic heterocycles. The quantitative estimate of drug-likeness (QED) is 0.647. The maximum atomic E-state index is 12.5. The molecule has 3 aromatic rings. The molecule has 0 N–H and O–H groups in total. The first-order chi connectivity index (χ1) is 13.6. The molecule has 7 nitrogen and oxygen atoms in total. The van der Waals surface area contributed by atoms with E-state index in [-0.39, 0.29) is 11.8 Å². The summed E-state index contributed by atoms with van der Waals surface area (Å²) in [7, 11) is 3.15. The zero-order chi connectivity index (χ0) is 19.7. The number of hydrogen-bond donors (Lipinski definition) is 0. The Bertz CT molecular complexity index is 1020. The summed E-state index contributed by atoms with van der Waals surface area (Å²) in [5, 5.41) is 4.68. The highest BCUT2D eigenvalue weighted by atomic mass is 35.5. The second-order valence-electron chi connectivity index (χ2n) is 6.41. The van der Waals surface area contributed by atoms with Crippen molar-refractivity contribution in [3.63, 3.8) is 0 Å². The minimum Gasteiger partial charge on any atom is -0.497 e. The van der Waals surface area contributed by atoms with E-state index in [2.05, 4.69) is 10.1 Å². The van der Waals surface area contributed by atoms with Crippen molar-refractivity contribution in [3.8, 4) is 23.0 Å². The zero-order valence-corrected chi connectivity index (χ0v) is 16.1. The molecule has 1 unspecified atom stereocenters. The molecule has 1 aliphatic rings. The predicted molar refractivity (Wildman–Crippen MR) is 104 cm³/mol. The highest BCUT2D eigenvalue weighted by Crippen LogP contribution is 2.35. The number of halogens is 1. The molecule has 1 aromatic heterocycles. The number of amides is 1. The molecule has 28 heavy (non-hydrogen) atoms. The largest absolute Gasteiger partial charge is 0.497 e. The molecule has 0 radical (unpaired) electrons. The minimum absolute atomic E-state index is 0.000597. The van der Waals surface area contributed by atoms with E-state index < -0.39 is 0 Å². The van der Waals surface area contributed by atoms with Crippen molar-refractivity contribution in [2.45, 2.75) is 12.3 Å². The van der Waals surface area contributed by atoms with E-state index in [0.717, 1.165) is 5.69 Å². The number of nitrogens with zero attached hydrogens (tertiary/aromatic N) is 3. The first-order valence-corrected chi connectivity index (χ1v) is 9.08. The van der Waals surface area contributed by atoms with Gasteiger partial charge >= 0.3 is 0 Å². The van der Waals surface area contributed by atoms with E-state index in [1.807, 2.05) is 12.1 Å². The predicted octanol–water partition coefficient (Wildman–Crippen LogP) is 3.93. The Morgan fingerprint density at radius 1 is 1.18 bits per heavy atom. The van der Waals surface area contributed by atoms with Crippen LogP contribution in [0.2, 0.25) is 5.02 Å². The summed E-state index contributed by atoms with van der Waals surface area (Å²) >= 11 is 6.05. The number of anilines is 1. The fourth-order valence-corrected chi connectivity index (χ4v) is 3.44. The van der Waals surface area contributed by atoms with Crippen LogP contribution < -0.4 is 14.4 Å². The van der Waals surface area contributed by atoms with Gasteiger partial charge in [-0.05, 0) is 30.3 Å². The highest BCUT2D eigenvalue weighted by molar-refractivity contribution is 6.30. The number of methoxy groups -OCH3 is 2. The summed E-state index contributed by atoms with van der Waals surface area (Å²) in [5.74, 6) is 1.90. The van der Waals surface area contributed by atoms with Crippen LogP contribution in [-0.2, 0) is 4.79 Å². The van der Waals surface area contributed by atoms with Gasteiger partial charge in [-0.1, -0.05) is 22.8 Å². The molecule has 2 aromatic carbocycles. The van der Waals surface area contributed by atoms with E-state index >= 15 is 0 Å². The van der Waals surface area contributed by atoms with Gasteiger partial charge in [-0.15, -0.1) is 0 Å². The molecular formula is C20H18ClN3O4. The molecule has 1 atom stereocenters. The fourth-order valence-electron chi connectivity index (χ4n) is 3.26. The Morgan fingerprint density at radius 3 is 2.79 bits per heavy atom. The molecule has 1 amide bonds. The third kappa shape index (κ3) is 3.41. The number of carbonyl (C=O) groups excluding carboxylic acids is 1. The lowest BCUT2D eigenvalue weighted by Crippen LogP contribution is -2.24. The van der Waals surface area contributed by atoms with E-state index in [0.29, 0.717) is 46.8 Å². The summed E-state index contributed by atoms with van der Waals surface area (Å²) in [6, 6.07) is 12.6. The van der Waals surface area contributed by atoms with Crippen molar-refractivity contribution in [1.82, 2.24) is 10.1 Å². The summed E-state index contributed by atoms with van der Waals surface area (Å²) < 4.78 is 16.0. The first kappa shape index (κ1) is 18.3. The van der Waals surface area contributed by atoms with Crippen molar-refractivity contribution in [2.75, 3.05) is 25.7 Å². The van der Waals surface area contributed by atoms with Gasteiger partial charge in [0.1, 0.15) is 11.5 Å². The Balaban J connectivity index is 1.58. The van der Waals surface area contributed by atoms with Crippen molar-refractivity contribution >= 4 is 23.2 Å². The summed E-state index contributed by atoms with van der Waals surface area (Å²) in [5.41, 5.74) is 1.43. The van der Waals surface area contributed by atoms with Crippen LogP contribution in [0.15, 0.2) is 47.0 Å². The zero-order valence-electron chi connectivity index (χ0n) is 15.4. The normalized spacial score (nSPS) is 16.5. The van der Waals surface area contributed by atoms with E-state index in [4.69, 9.17) is 25.6 Å². The second kappa shape index (κ2) is 7.52. The average Bonchev–Trinajstić information content (AvgIpc) is 3.34. The Morgan fingerprint density at radius 2 is 2.04 bits per heavy atom. The van der Waals surface area contributed by atoms with Gasteiger partial charge in [-0.3, -0.25) is 4.79 Å². The molecule has 2 heterocycles. The van der Waals surface area contributed by atoms with Gasteiger partial charge in [0.15, 0.2) is 5.82 Å². The van der Waals surface area contributed by atoms with Crippen LogP contribution in [0.25, 0.3) is 11.5 Å². The van der Waals surface area contributed by atoms with Crippen LogP contribution in [0.1, 0.15) is 18.2 Å². The van der Waals surface area contributed by atoms with Crippen LogP contribution in [0, 0.1) is 0 Å². The van der Waals surface area contributed by atoms with Crippen molar-refractivity contribution < 1.29 is 18.8 Å². The number of hydrogen-bond acceptors (Lipinski definition) is 6. The molecule has 0 saturated carbocycles. The number of aromatic nitrogens is 2. The standard InChI is InChI=1S/C20H18ClN3O4/c1-26-15-6-7-16(17(10-15)27-2)20-22-19(23-28-20)12-8-18(25)24(11-12)14-5-3-4-13(21)9-14/h3-7,9-10,12H,8,11H2,1-2H3. The molecule has 0 bridgehead atoms. The molecule has 0 aliphatic carbocycles. The van der Waals surface area contributed by atoms with Gasteiger partial charge in [-0.2, -0.15) is 4.98 Å². The molecule has 0 spiro atoms. The number of carbonyl (C=O) groups is 1. The Labute approximate surface area is 166 Å². The third-order valence-corrected chi connectivity index (χ3v) is 4.93. The van der Waals surface area contributed by atoms with E-state index in [1.165, 1.54) is 0 Å². The smallest absolute Gasteiger partial charge is 0.261 e. The molecule has 8 heteroatoms. The van der Waals surface area contributed by atoms with Crippen LogP contribution in [0.5, 0.6) is 11.5 Å². The lowest BCUT2D eigenvalue weighted by atomic mass is 10.1. The molecule has 144 valence electrons. The fraction of sp³-hybridized carbons (Fsp3) is 0.250. The number of rotatable bonds is 5. The highest BCUT2D eigenvalue weighted by Gasteiger charge is 2.35. The second-order valence-corrected chi connectivity index (χ2v) is 6.85. The van der Waals surface area contributed by atoms with Crippen molar-refractivity contribution in [3.05, 3.63) is 53.3 Å². The van der Waals surface area contributed by atoms with Crippen LogP contribution in [-0.4, -0.2) is 36.8 Å². The van der Waals surface area contributed by atoms with Gasteiger partial charge < -0.3 is 18.9 Å². The van der Waals surface area contributed by atoms with Crippen LogP contribution >= 0.6 is 11.6 Å². The SMILES string of the molecule is COc1ccc(-c2nc(C3CC(=O)N(c4cccc(Cl)c4)C3)no2)c(OC)c1. The van der Waals surface area contributed by atoms with Gasteiger partial charge in [0.2, 0.25) is 5.91 Å². The summed E-state index contributed by atoms with van der Waals surface area (Å²) in [6.45, 7) is 0.470. The Kier molecular flexibility index (Phi) is 4.92.